The molecule has 1 aromatic heterocycles. The summed E-state index contributed by atoms with van der Waals surface area (Å²) in [6.07, 6.45) is 3.65. The Morgan fingerprint density at radius 1 is 1.22 bits per heavy atom. The molecule has 4 heteroatoms. The number of aromatic nitrogens is 1. The van der Waals surface area contributed by atoms with Gasteiger partial charge in [-0.25, -0.2) is 5.43 Å². The highest BCUT2D eigenvalue weighted by molar-refractivity contribution is 9.10. The van der Waals surface area contributed by atoms with Crippen molar-refractivity contribution in [3.8, 4) is 0 Å². The SMILES string of the molecule is Cc1ccncc1C(NN)c1cccc(Br)c1C. The van der Waals surface area contributed by atoms with Crippen LogP contribution >= 0.6 is 15.9 Å². The molecule has 1 aromatic carbocycles. The van der Waals surface area contributed by atoms with Crippen LogP contribution < -0.4 is 11.3 Å². The molecular formula is C14H16BrN3. The Hall–Kier alpha value is -1.23. The summed E-state index contributed by atoms with van der Waals surface area (Å²) >= 11 is 3.55. The van der Waals surface area contributed by atoms with Gasteiger partial charge >= 0.3 is 0 Å². The Morgan fingerprint density at radius 2 is 2.00 bits per heavy atom. The van der Waals surface area contributed by atoms with Crippen LogP contribution in [0.25, 0.3) is 0 Å². The lowest BCUT2D eigenvalue weighted by Crippen LogP contribution is -2.30. The summed E-state index contributed by atoms with van der Waals surface area (Å²) < 4.78 is 1.08. The molecule has 0 spiro atoms. The van der Waals surface area contributed by atoms with Gasteiger partial charge in [-0.05, 0) is 48.2 Å². The van der Waals surface area contributed by atoms with Crippen molar-refractivity contribution in [2.24, 2.45) is 5.84 Å². The lowest BCUT2D eigenvalue weighted by molar-refractivity contribution is 0.628. The number of hydrazine groups is 1. The van der Waals surface area contributed by atoms with Crippen LogP contribution in [-0.2, 0) is 0 Å². The standard InChI is InChI=1S/C14H16BrN3/c1-9-6-7-17-8-12(9)14(18-16)11-4-3-5-13(15)10(11)2/h3-8,14,18H,16H2,1-2H3. The number of pyridine rings is 1. The van der Waals surface area contributed by atoms with Gasteiger partial charge < -0.3 is 0 Å². The molecular weight excluding hydrogens is 290 g/mol. The maximum atomic E-state index is 5.73. The average Bonchev–Trinajstić information content (AvgIpc) is 2.37. The van der Waals surface area contributed by atoms with Crippen LogP contribution in [0.2, 0.25) is 0 Å². The zero-order chi connectivity index (χ0) is 13.1. The van der Waals surface area contributed by atoms with E-state index < -0.39 is 0 Å². The predicted octanol–water partition coefficient (Wildman–Crippen LogP) is 3.01. The van der Waals surface area contributed by atoms with Gasteiger partial charge in [0.05, 0.1) is 6.04 Å². The van der Waals surface area contributed by atoms with E-state index in [1.165, 1.54) is 11.1 Å². The highest BCUT2D eigenvalue weighted by Crippen LogP contribution is 2.29. The third-order valence-corrected chi connectivity index (χ3v) is 4.04. The maximum Gasteiger partial charge on any atom is 0.0730 e. The topological polar surface area (TPSA) is 50.9 Å². The van der Waals surface area contributed by atoms with E-state index in [4.69, 9.17) is 5.84 Å². The Bertz CT molecular complexity index is 554. The summed E-state index contributed by atoms with van der Waals surface area (Å²) in [6.45, 7) is 4.14. The summed E-state index contributed by atoms with van der Waals surface area (Å²) in [7, 11) is 0. The first-order chi connectivity index (χ1) is 8.65. The van der Waals surface area contributed by atoms with Crippen LogP contribution in [0.1, 0.15) is 28.3 Å². The van der Waals surface area contributed by atoms with Crippen molar-refractivity contribution < 1.29 is 0 Å². The zero-order valence-electron chi connectivity index (χ0n) is 10.4. The third-order valence-electron chi connectivity index (χ3n) is 3.18. The second-order valence-corrected chi connectivity index (χ2v) is 5.14. The maximum absolute atomic E-state index is 5.73. The third kappa shape index (κ3) is 2.46. The number of halogens is 1. The van der Waals surface area contributed by atoms with Gasteiger partial charge in [-0.3, -0.25) is 10.8 Å². The van der Waals surface area contributed by atoms with Crippen LogP contribution in [-0.4, -0.2) is 4.98 Å². The molecule has 0 amide bonds. The number of hydrogen-bond acceptors (Lipinski definition) is 3. The molecule has 0 radical (unpaired) electrons. The van der Waals surface area contributed by atoms with Crippen molar-refractivity contribution in [2.75, 3.05) is 0 Å². The van der Waals surface area contributed by atoms with Gasteiger partial charge in [-0.2, -0.15) is 0 Å². The lowest BCUT2D eigenvalue weighted by atomic mass is 9.94. The summed E-state index contributed by atoms with van der Waals surface area (Å²) in [5, 5.41) is 0. The molecule has 3 nitrogen and oxygen atoms in total. The number of rotatable bonds is 3. The molecule has 1 unspecified atom stereocenters. The first-order valence-corrected chi connectivity index (χ1v) is 6.56. The Morgan fingerprint density at radius 3 is 2.67 bits per heavy atom. The van der Waals surface area contributed by atoms with E-state index in [-0.39, 0.29) is 6.04 Å². The molecule has 1 heterocycles. The second-order valence-electron chi connectivity index (χ2n) is 4.29. The van der Waals surface area contributed by atoms with Crippen LogP contribution in [0, 0.1) is 13.8 Å². The fourth-order valence-corrected chi connectivity index (χ4v) is 2.44. The van der Waals surface area contributed by atoms with Crippen molar-refractivity contribution in [1.82, 2.24) is 10.4 Å². The predicted molar refractivity (Wildman–Crippen MR) is 77.0 cm³/mol. The summed E-state index contributed by atoms with van der Waals surface area (Å²) in [5.74, 6) is 5.73. The fraction of sp³-hybridized carbons (Fsp3) is 0.214. The summed E-state index contributed by atoms with van der Waals surface area (Å²) in [4.78, 5) is 4.18. The molecule has 0 aliphatic carbocycles. The van der Waals surface area contributed by atoms with Crippen LogP contribution in [0.15, 0.2) is 41.1 Å². The second kappa shape index (κ2) is 5.61. The molecule has 0 saturated heterocycles. The van der Waals surface area contributed by atoms with Crippen LogP contribution in [0.4, 0.5) is 0 Å². The number of nitrogens with two attached hydrogens (primary N) is 1. The van der Waals surface area contributed by atoms with Gasteiger partial charge in [0.1, 0.15) is 0 Å². The van der Waals surface area contributed by atoms with Crippen molar-refractivity contribution >= 4 is 15.9 Å². The number of hydrogen-bond donors (Lipinski definition) is 2. The van der Waals surface area contributed by atoms with Crippen molar-refractivity contribution in [3.63, 3.8) is 0 Å². The molecule has 0 aliphatic rings. The molecule has 0 saturated carbocycles. The Labute approximate surface area is 116 Å². The van der Waals surface area contributed by atoms with Gasteiger partial charge in [0.15, 0.2) is 0 Å². The minimum Gasteiger partial charge on any atom is -0.271 e. The van der Waals surface area contributed by atoms with E-state index in [0.29, 0.717) is 0 Å². The van der Waals surface area contributed by atoms with Gasteiger partial charge in [0.2, 0.25) is 0 Å². The first kappa shape index (κ1) is 13.2. The monoisotopic (exact) mass is 305 g/mol. The van der Waals surface area contributed by atoms with E-state index in [9.17, 15) is 0 Å². The highest BCUT2D eigenvalue weighted by atomic mass is 79.9. The number of benzene rings is 1. The normalized spacial score (nSPS) is 12.4. The molecule has 94 valence electrons. The largest absolute Gasteiger partial charge is 0.271 e. The van der Waals surface area contributed by atoms with E-state index >= 15 is 0 Å². The quantitative estimate of drug-likeness (QED) is 0.677. The van der Waals surface area contributed by atoms with Crippen molar-refractivity contribution in [3.05, 3.63) is 63.4 Å². The molecule has 3 N–H and O–H groups in total. The Balaban J connectivity index is 2.53. The molecule has 0 bridgehead atoms. The van der Waals surface area contributed by atoms with Gasteiger partial charge in [-0.1, -0.05) is 28.1 Å². The minimum atomic E-state index is -0.0452. The number of nitrogens with zero attached hydrogens (tertiary/aromatic N) is 1. The molecule has 18 heavy (non-hydrogen) atoms. The smallest absolute Gasteiger partial charge is 0.0730 e. The summed E-state index contributed by atoms with van der Waals surface area (Å²) in [5.41, 5.74) is 7.49. The minimum absolute atomic E-state index is 0.0452. The lowest BCUT2D eigenvalue weighted by Gasteiger charge is -2.21. The van der Waals surface area contributed by atoms with Gasteiger partial charge in [0.25, 0.3) is 0 Å². The van der Waals surface area contributed by atoms with E-state index in [1.807, 2.05) is 24.4 Å². The van der Waals surface area contributed by atoms with Crippen molar-refractivity contribution in [1.29, 1.82) is 0 Å². The average molecular weight is 306 g/mol. The van der Waals surface area contributed by atoms with Crippen LogP contribution in [0.5, 0.6) is 0 Å². The van der Waals surface area contributed by atoms with E-state index in [0.717, 1.165) is 15.6 Å². The molecule has 2 rings (SSSR count). The fourth-order valence-electron chi connectivity index (χ4n) is 2.06. The number of nitrogens with one attached hydrogen (secondary N) is 1. The first-order valence-electron chi connectivity index (χ1n) is 5.76. The molecule has 0 fully saturated rings. The van der Waals surface area contributed by atoms with E-state index in [1.54, 1.807) is 6.20 Å². The van der Waals surface area contributed by atoms with Gasteiger partial charge in [0, 0.05) is 16.9 Å². The highest BCUT2D eigenvalue weighted by Gasteiger charge is 2.17. The Kier molecular flexibility index (Phi) is 4.11. The number of aryl methyl sites for hydroxylation is 1. The van der Waals surface area contributed by atoms with Crippen molar-refractivity contribution in [2.45, 2.75) is 19.9 Å². The molecule has 2 aromatic rings. The molecule has 0 aliphatic heterocycles. The zero-order valence-corrected chi connectivity index (χ0v) is 12.0. The summed E-state index contributed by atoms with van der Waals surface area (Å²) in [6, 6.07) is 8.07. The van der Waals surface area contributed by atoms with Gasteiger partial charge in [-0.15, -0.1) is 0 Å². The van der Waals surface area contributed by atoms with E-state index in [2.05, 4.69) is 46.3 Å². The van der Waals surface area contributed by atoms with Crippen LogP contribution in [0.3, 0.4) is 0 Å². The molecule has 1 atom stereocenters.